The highest BCUT2D eigenvalue weighted by atomic mass is 16.5. The van der Waals surface area contributed by atoms with Crippen molar-refractivity contribution in [3.8, 4) is 22.8 Å². The molecule has 1 aliphatic heterocycles. The van der Waals surface area contributed by atoms with E-state index in [2.05, 4.69) is 11.7 Å². The average molecular weight is 427 g/mol. The molecule has 0 bridgehead atoms. The second-order valence-electron chi connectivity index (χ2n) is 7.55. The third kappa shape index (κ3) is 3.31. The molecule has 8 heteroatoms. The first-order valence-corrected chi connectivity index (χ1v) is 10.2. The van der Waals surface area contributed by atoms with E-state index >= 15 is 0 Å². The van der Waals surface area contributed by atoms with E-state index in [-0.39, 0.29) is 11.6 Å². The van der Waals surface area contributed by atoms with Crippen molar-refractivity contribution in [2.24, 2.45) is 5.73 Å². The molecule has 3 heterocycles. The van der Waals surface area contributed by atoms with E-state index in [1.165, 1.54) is 6.08 Å². The van der Waals surface area contributed by atoms with Gasteiger partial charge in [-0.3, -0.25) is 14.7 Å². The summed E-state index contributed by atoms with van der Waals surface area (Å²) in [6.07, 6.45) is 1.94. The molecular weight excluding hydrogens is 406 g/mol. The van der Waals surface area contributed by atoms with Gasteiger partial charge in [-0.05, 0) is 42.5 Å². The van der Waals surface area contributed by atoms with Crippen LogP contribution in [0.15, 0.2) is 67.3 Å². The molecule has 0 fully saturated rings. The standard InChI is InChI=1S/C24H21N5O3/c1-2-20(30)28-13-12-19-18(14-28)24-26-21(22(23(25)31)29(24)27-19)15-8-10-17(11-9-15)32-16-6-4-3-5-7-16/h2-11,27H,1,12-14H2,(H2,25,31). The normalized spacial score (nSPS) is 13.1. The van der Waals surface area contributed by atoms with Crippen LogP contribution < -0.4 is 10.5 Å². The number of carbonyl (C=O) groups is 2. The molecule has 2 amide bonds. The Morgan fingerprint density at radius 1 is 1.09 bits per heavy atom. The number of para-hydroxylation sites is 1. The van der Waals surface area contributed by atoms with E-state index < -0.39 is 5.91 Å². The molecule has 2 aromatic heterocycles. The molecule has 3 N–H and O–H groups in total. The van der Waals surface area contributed by atoms with Crippen molar-refractivity contribution in [1.82, 2.24) is 19.5 Å². The summed E-state index contributed by atoms with van der Waals surface area (Å²) in [5.41, 5.74) is 9.63. The fraction of sp³-hybridized carbons (Fsp3) is 0.125. The number of hydrogen-bond donors (Lipinski definition) is 2. The van der Waals surface area contributed by atoms with Crippen molar-refractivity contribution in [2.45, 2.75) is 13.0 Å². The van der Waals surface area contributed by atoms with Gasteiger partial charge < -0.3 is 15.4 Å². The molecule has 32 heavy (non-hydrogen) atoms. The van der Waals surface area contributed by atoms with Crippen LogP contribution in [-0.4, -0.2) is 37.9 Å². The molecule has 1 aliphatic rings. The molecule has 8 nitrogen and oxygen atoms in total. The Morgan fingerprint density at radius 2 is 1.81 bits per heavy atom. The van der Waals surface area contributed by atoms with E-state index in [0.29, 0.717) is 36.6 Å². The van der Waals surface area contributed by atoms with Crippen molar-refractivity contribution >= 4 is 17.5 Å². The molecule has 2 aromatic carbocycles. The SMILES string of the molecule is C=CC(=O)N1CCc2[nH]n3c(C(N)=O)c(-c4ccc(Oc5ccccc5)cc4)nc3c2C1. The molecule has 0 atom stereocenters. The van der Waals surface area contributed by atoms with Crippen molar-refractivity contribution in [3.05, 3.63) is 84.2 Å². The van der Waals surface area contributed by atoms with Gasteiger partial charge in [0.15, 0.2) is 11.3 Å². The molecule has 0 saturated carbocycles. The van der Waals surface area contributed by atoms with Crippen molar-refractivity contribution in [3.63, 3.8) is 0 Å². The molecule has 0 radical (unpaired) electrons. The highest BCUT2D eigenvalue weighted by Gasteiger charge is 2.28. The molecule has 0 saturated heterocycles. The van der Waals surface area contributed by atoms with Gasteiger partial charge in [-0.1, -0.05) is 24.8 Å². The third-order valence-corrected chi connectivity index (χ3v) is 5.57. The number of rotatable bonds is 5. The van der Waals surface area contributed by atoms with Gasteiger partial charge in [0.05, 0.1) is 6.54 Å². The molecule has 0 unspecified atom stereocenters. The van der Waals surface area contributed by atoms with Gasteiger partial charge in [0.2, 0.25) is 5.91 Å². The smallest absolute Gasteiger partial charge is 0.269 e. The number of primary amides is 1. The molecular formula is C24H21N5O3. The van der Waals surface area contributed by atoms with Crippen LogP contribution in [0.1, 0.15) is 21.7 Å². The number of benzene rings is 2. The Hall–Kier alpha value is -4.33. The Morgan fingerprint density at radius 3 is 2.50 bits per heavy atom. The number of amides is 2. The molecule has 4 aromatic rings. The number of nitrogens with two attached hydrogens (primary N) is 1. The van der Waals surface area contributed by atoms with E-state index in [4.69, 9.17) is 15.5 Å². The van der Waals surface area contributed by atoms with Crippen LogP contribution in [-0.2, 0) is 17.8 Å². The lowest BCUT2D eigenvalue weighted by Gasteiger charge is -2.25. The van der Waals surface area contributed by atoms with Gasteiger partial charge in [-0.15, -0.1) is 0 Å². The summed E-state index contributed by atoms with van der Waals surface area (Å²) in [6, 6.07) is 16.8. The Bertz CT molecular complexity index is 1340. The zero-order chi connectivity index (χ0) is 22.2. The number of imidazole rings is 1. The van der Waals surface area contributed by atoms with E-state index in [1.807, 2.05) is 54.6 Å². The van der Waals surface area contributed by atoms with Crippen LogP contribution in [0.5, 0.6) is 11.5 Å². The summed E-state index contributed by atoms with van der Waals surface area (Å²) in [5.74, 6) is 0.681. The van der Waals surface area contributed by atoms with E-state index in [0.717, 1.165) is 22.6 Å². The van der Waals surface area contributed by atoms with Crippen LogP contribution in [0.2, 0.25) is 0 Å². The lowest BCUT2D eigenvalue weighted by molar-refractivity contribution is -0.126. The lowest BCUT2D eigenvalue weighted by atomic mass is 10.1. The quantitative estimate of drug-likeness (QED) is 0.477. The molecule has 0 spiro atoms. The van der Waals surface area contributed by atoms with Crippen LogP contribution in [0.25, 0.3) is 16.9 Å². The van der Waals surface area contributed by atoms with Crippen molar-refractivity contribution in [1.29, 1.82) is 0 Å². The minimum atomic E-state index is -0.588. The number of fused-ring (bicyclic) bond motifs is 3. The van der Waals surface area contributed by atoms with Gasteiger partial charge in [0.25, 0.3) is 5.91 Å². The predicted octanol–water partition coefficient (Wildman–Crippen LogP) is 3.29. The summed E-state index contributed by atoms with van der Waals surface area (Å²) < 4.78 is 7.46. The minimum absolute atomic E-state index is 0.133. The number of ether oxygens (including phenoxy) is 1. The van der Waals surface area contributed by atoms with Gasteiger partial charge >= 0.3 is 0 Å². The highest BCUT2D eigenvalue weighted by Crippen LogP contribution is 2.31. The van der Waals surface area contributed by atoms with Gasteiger partial charge in [-0.25, -0.2) is 9.50 Å². The lowest BCUT2D eigenvalue weighted by Crippen LogP contribution is -2.34. The summed E-state index contributed by atoms with van der Waals surface area (Å²) in [4.78, 5) is 30.9. The zero-order valence-corrected chi connectivity index (χ0v) is 17.2. The van der Waals surface area contributed by atoms with Gasteiger partial charge in [-0.2, -0.15) is 0 Å². The Kier molecular flexibility index (Phi) is 4.74. The van der Waals surface area contributed by atoms with Crippen LogP contribution in [0.3, 0.4) is 0 Å². The average Bonchev–Trinajstić information content (AvgIpc) is 3.35. The first kappa shape index (κ1) is 19.6. The van der Waals surface area contributed by atoms with Gasteiger partial charge in [0.1, 0.15) is 17.2 Å². The summed E-state index contributed by atoms with van der Waals surface area (Å²) in [5, 5.41) is 3.24. The number of H-pyrrole nitrogens is 1. The zero-order valence-electron chi connectivity index (χ0n) is 17.2. The summed E-state index contributed by atoms with van der Waals surface area (Å²) in [6.45, 7) is 4.53. The van der Waals surface area contributed by atoms with Crippen LogP contribution in [0, 0.1) is 0 Å². The van der Waals surface area contributed by atoms with E-state index in [1.54, 1.807) is 9.42 Å². The maximum Gasteiger partial charge on any atom is 0.269 e. The minimum Gasteiger partial charge on any atom is -0.457 e. The van der Waals surface area contributed by atoms with E-state index in [9.17, 15) is 9.59 Å². The number of nitrogens with zero attached hydrogens (tertiary/aromatic N) is 3. The monoisotopic (exact) mass is 427 g/mol. The number of carbonyl (C=O) groups excluding carboxylic acids is 2. The second kappa shape index (κ2) is 7.73. The number of hydrogen-bond acceptors (Lipinski definition) is 4. The van der Waals surface area contributed by atoms with Crippen molar-refractivity contribution in [2.75, 3.05) is 6.54 Å². The summed E-state index contributed by atoms with van der Waals surface area (Å²) in [7, 11) is 0. The Labute approximate surface area is 183 Å². The molecule has 0 aliphatic carbocycles. The number of nitrogens with one attached hydrogen (secondary N) is 1. The maximum atomic E-state index is 12.3. The topological polar surface area (TPSA) is 106 Å². The number of aromatic amines is 1. The highest BCUT2D eigenvalue weighted by molar-refractivity contribution is 5.98. The van der Waals surface area contributed by atoms with Crippen molar-refractivity contribution < 1.29 is 14.3 Å². The van der Waals surface area contributed by atoms with Gasteiger partial charge in [0, 0.05) is 29.8 Å². The first-order valence-electron chi connectivity index (χ1n) is 10.2. The predicted molar refractivity (Wildman–Crippen MR) is 119 cm³/mol. The fourth-order valence-electron chi connectivity index (χ4n) is 4.01. The first-order chi connectivity index (χ1) is 15.5. The molecule has 5 rings (SSSR count). The largest absolute Gasteiger partial charge is 0.457 e. The second-order valence-corrected chi connectivity index (χ2v) is 7.55. The summed E-state index contributed by atoms with van der Waals surface area (Å²) >= 11 is 0. The van der Waals surface area contributed by atoms with Crippen LogP contribution in [0.4, 0.5) is 0 Å². The fourth-order valence-corrected chi connectivity index (χ4v) is 4.01. The third-order valence-electron chi connectivity index (χ3n) is 5.57. The number of aromatic nitrogens is 3. The maximum absolute atomic E-state index is 12.3. The van der Waals surface area contributed by atoms with Crippen LogP contribution >= 0.6 is 0 Å². The molecule has 160 valence electrons. The Balaban J connectivity index is 1.52.